The van der Waals surface area contributed by atoms with Crippen LogP contribution in [-0.2, 0) is 5.41 Å². The third-order valence-corrected chi connectivity index (χ3v) is 2.62. The summed E-state index contributed by atoms with van der Waals surface area (Å²) in [5.74, 6) is 0. The van der Waals surface area contributed by atoms with Gasteiger partial charge >= 0.3 is 0 Å². The molecule has 0 aliphatic carbocycles. The molecule has 0 aliphatic rings. The van der Waals surface area contributed by atoms with E-state index in [1.165, 1.54) is 0 Å². The molecule has 0 amide bonds. The van der Waals surface area contributed by atoms with E-state index in [0.717, 1.165) is 21.8 Å². The van der Waals surface area contributed by atoms with Gasteiger partial charge in [0.05, 0.1) is 5.02 Å². The number of halogens is 1. The Labute approximate surface area is 85.1 Å². The van der Waals surface area contributed by atoms with Crippen LogP contribution in [0, 0.1) is 13.8 Å². The third kappa shape index (κ3) is 2.02. The summed E-state index contributed by atoms with van der Waals surface area (Å²) in [6, 6.07) is 0. The van der Waals surface area contributed by atoms with Crippen molar-refractivity contribution in [3.63, 3.8) is 0 Å². The van der Waals surface area contributed by atoms with E-state index < -0.39 is 0 Å². The molecule has 0 aliphatic heterocycles. The second-order valence-electron chi connectivity index (χ2n) is 4.47. The van der Waals surface area contributed by atoms with E-state index in [9.17, 15) is 0 Å². The molecule has 1 rings (SSSR count). The summed E-state index contributed by atoms with van der Waals surface area (Å²) in [6.45, 7) is 10.5. The lowest BCUT2D eigenvalue weighted by Crippen LogP contribution is -2.15. The molecule has 72 valence electrons. The molecular weight excluding hydrogens is 182 g/mol. The van der Waals surface area contributed by atoms with Crippen molar-refractivity contribution < 1.29 is 0 Å². The Hall–Kier alpha value is -0.560. The van der Waals surface area contributed by atoms with Crippen LogP contribution in [-0.4, -0.2) is 4.98 Å². The summed E-state index contributed by atoms with van der Waals surface area (Å²) in [5, 5.41) is 0.861. The van der Waals surface area contributed by atoms with Gasteiger partial charge in [0.1, 0.15) is 0 Å². The lowest BCUT2D eigenvalue weighted by atomic mass is 9.85. The molecule has 0 spiro atoms. The summed E-state index contributed by atoms with van der Waals surface area (Å²) >= 11 is 6.24. The third-order valence-electron chi connectivity index (χ3n) is 2.13. The van der Waals surface area contributed by atoms with Crippen LogP contribution in [0.1, 0.15) is 37.6 Å². The number of rotatable bonds is 0. The molecular formula is C11H16ClN. The fourth-order valence-electron chi connectivity index (χ4n) is 1.54. The van der Waals surface area contributed by atoms with Gasteiger partial charge in [-0.3, -0.25) is 4.98 Å². The number of nitrogens with zero attached hydrogens (tertiary/aromatic N) is 1. The molecule has 1 heterocycles. The molecule has 0 saturated heterocycles. The van der Waals surface area contributed by atoms with Gasteiger partial charge in [-0.15, -0.1) is 0 Å². The fraction of sp³-hybridized carbons (Fsp3) is 0.545. The molecule has 0 N–H and O–H groups in total. The maximum absolute atomic E-state index is 6.24. The zero-order valence-electron chi connectivity index (χ0n) is 8.90. The minimum atomic E-state index is 0.0696. The van der Waals surface area contributed by atoms with Gasteiger partial charge < -0.3 is 0 Å². The Morgan fingerprint density at radius 3 is 2.15 bits per heavy atom. The Kier molecular flexibility index (Phi) is 2.67. The summed E-state index contributed by atoms with van der Waals surface area (Å²) in [5.41, 5.74) is 3.31. The van der Waals surface area contributed by atoms with Crippen molar-refractivity contribution in [2.75, 3.05) is 0 Å². The topological polar surface area (TPSA) is 12.9 Å². The first kappa shape index (κ1) is 10.5. The Balaban J connectivity index is 3.43. The number of hydrogen-bond acceptors (Lipinski definition) is 1. The minimum absolute atomic E-state index is 0.0696. The molecule has 0 unspecified atom stereocenters. The lowest BCUT2D eigenvalue weighted by molar-refractivity contribution is 0.582. The van der Waals surface area contributed by atoms with Gasteiger partial charge in [0, 0.05) is 11.9 Å². The molecule has 0 radical (unpaired) electrons. The Bertz CT molecular complexity index is 324. The molecule has 13 heavy (non-hydrogen) atoms. The van der Waals surface area contributed by atoms with Crippen LogP contribution in [0.5, 0.6) is 0 Å². The Morgan fingerprint density at radius 2 is 1.77 bits per heavy atom. The first-order valence-corrected chi connectivity index (χ1v) is 4.84. The van der Waals surface area contributed by atoms with Crippen LogP contribution in [0.2, 0.25) is 5.02 Å². The molecule has 0 atom stereocenters. The molecule has 1 aromatic heterocycles. The van der Waals surface area contributed by atoms with Crippen molar-refractivity contribution >= 4 is 11.6 Å². The van der Waals surface area contributed by atoms with E-state index in [-0.39, 0.29) is 5.41 Å². The number of hydrogen-bond donors (Lipinski definition) is 0. The lowest BCUT2D eigenvalue weighted by Gasteiger charge is -2.23. The van der Waals surface area contributed by atoms with Gasteiger partial charge in [-0.1, -0.05) is 32.4 Å². The highest BCUT2D eigenvalue weighted by atomic mass is 35.5. The highest BCUT2D eigenvalue weighted by Gasteiger charge is 2.21. The second kappa shape index (κ2) is 3.30. The van der Waals surface area contributed by atoms with Crippen molar-refractivity contribution in [1.29, 1.82) is 0 Å². The molecule has 0 saturated carbocycles. The zero-order valence-corrected chi connectivity index (χ0v) is 9.66. The van der Waals surface area contributed by atoms with Gasteiger partial charge in [0.25, 0.3) is 0 Å². The van der Waals surface area contributed by atoms with E-state index in [4.69, 9.17) is 11.6 Å². The van der Waals surface area contributed by atoms with Crippen LogP contribution >= 0.6 is 11.6 Å². The van der Waals surface area contributed by atoms with Crippen LogP contribution < -0.4 is 0 Å². The highest BCUT2D eigenvalue weighted by Crippen LogP contribution is 2.32. The first-order chi connectivity index (χ1) is 5.84. The smallest absolute Gasteiger partial charge is 0.0505 e. The minimum Gasteiger partial charge on any atom is -0.261 e. The molecule has 0 bridgehead atoms. The SMILES string of the molecule is Cc1cnc(C)c(C(C)(C)C)c1Cl. The predicted molar refractivity (Wildman–Crippen MR) is 57.4 cm³/mol. The first-order valence-electron chi connectivity index (χ1n) is 4.46. The van der Waals surface area contributed by atoms with E-state index in [0.29, 0.717) is 0 Å². The van der Waals surface area contributed by atoms with Crippen molar-refractivity contribution in [3.8, 4) is 0 Å². The standard InChI is InChI=1S/C11H16ClN/c1-7-6-13-8(2)9(10(7)12)11(3,4)5/h6H,1-5H3. The normalized spacial score (nSPS) is 11.8. The van der Waals surface area contributed by atoms with Crippen molar-refractivity contribution in [2.24, 2.45) is 0 Å². The number of aromatic nitrogens is 1. The van der Waals surface area contributed by atoms with E-state index >= 15 is 0 Å². The molecule has 1 nitrogen and oxygen atoms in total. The number of aryl methyl sites for hydroxylation is 2. The second-order valence-corrected chi connectivity index (χ2v) is 4.84. The van der Waals surface area contributed by atoms with E-state index in [2.05, 4.69) is 25.8 Å². The van der Waals surface area contributed by atoms with E-state index in [1.807, 2.05) is 20.0 Å². The van der Waals surface area contributed by atoms with Crippen molar-refractivity contribution in [2.45, 2.75) is 40.0 Å². The van der Waals surface area contributed by atoms with Gasteiger partial charge in [0.15, 0.2) is 0 Å². The van der Waals surface area contributed by atoms with Gasteiger partial charge in [-0.25, -0.2) is 0 Å². The van der Waals surface area contributed by atoms with Crippen molar-refractivity contribution in [1.82, 2.24) is 4.98 Å². The predicted octanol–water partition coefficient (Wildman–Crippen LogP) is 3.65. The maximum Gasteiger partial charge on any atom is 0.0505 e. The summed E-state index contributed by atoms with van der Waals surface area (Å²) in [4.78, 5) is 4.32. The molecule has 2 heteroatoms. The monoisotopic (exact) mass is 197 g/mol. The van der Waals surface area contributed by atoms with E-state index in [1.54, 1.807) is 0 Å². The van der Waals surface area contributed by atoms with Gasteiger partial charge in [-0.05, 0) is 30.4 Å². The average molecular weight is 198 g/mol. The van der Waals surface area contributed by atoms with Gasteiger partial charge in [0.2, 0.25) is 0 Å². The fourth-order valence-corrected chi connectivity index (χ4v) is 2.01. The molecule has 0 aromatic carbocycles. The van der Waals surface area contributed by atoms with Crippen LogP contribution in [0.25, 0.3) is 0 Å². The quantitative estimate of drug-likeness (QED) is 0.619. The Morgan fingerprint density at radius 1 is 1.23 bits per heavy atom. The maximum atomic E-state index is 6.24. The summed E-state index contributed by atoms with van der Waals surface area (Å²) in [6.07, 6.45) is 1.83. The van der Waals surface area contributed by atoms with Gasteiger partial charge in [-0.2, -0.15) is 0 Å². The van der Waals surface area contributed by atoms with Crippen LogP contribution in [0.3, 0.4) is 0 Å². The van der Waals surface area contributed by atoms with Crippen molar-refractivity contribution in [3.05, 3.63) is 28.0 Å². The average Bonchev–Trinajstić information content (AvgIpc) is 1.95. The summed E-state index contributed by atoms with van der Waals surface area (Å²) < 4.78 is 0. The zero-order chi connectivity index (χ0) is 10.2. The molecule has 0 fully saturated rings. The number of pyridine rings is 1. The highest BCUT2D eigenvalue weighted by molar-refractivity contribution is 6.32. The summed E-state index contributed by atoms with van der Waals surface area (Å²) in [7, 11) is 0. The molecule has 1 aromatic rings. The van der Waals surface area contributed by atoms with Crippen LogP contribution in [0.4, 0.5) is 0 Å². The largest absolute Gasteiger partial charge is 0.261 e. The van der Waals surface area contributed by atoms with Crippen LogP contribution in [0.15, 0.2) is 6.20 Å².